The minimum Gasteiger partial charge on any atom is -0.493 e. The van der Waals surface area contributed by atoms with Gasteiger partial charge >= 0.3 is 6.03 Å². The third kappa shape index (κ3) is 2.90. The summed E-state index contributed by atoms with van der Waals surface area (Å²) in [4.78, 5) is 14.5. The highest BCUT2D eigenvalue weighted by atomic mass is 16.5. The van der Waals surface area contributed by atoms with Crippen LogP contribution in [0, 0.1) is 0 Å². The van der Waals surface area contributed by atoms with Crippen molar-refractivity contribution in [2.75, 3.05) is 26.4 Å². The van der Waals surface area contributed by atoms with Crippen LogP contribution in [0.1, 0.15) is 31.7 Å². The zero-order valence-electron chi connectivity index (χ0n) is 13.2. The molecule has 1 saturated heterocycles. The lowest BCUT2D eigenvalue weighted by atomic mass is 9.94. The van der Waals surface area contributed by atoms with Gasteiger partial charge in [0.2, 0.25) is 0 Å². The zero-order chi connectivity index (χ0) is 15.5. The van der Waals surface area contributed by atoms with E-state index in [0.717, 1.165) is 12.2 Å². The van der Waals surface area contributed by atoms with E-state index >= 15 is 0 Å². The first-order valence-electron chi connectivity index (χ1n) is 8.07. The van der Waals surface area contributed by atoms with E-state index in [2.05, 4.69) is 25.2 Å². The van der Waals surface area contributed by atoms with Crippen molar-refractivity contribution in [3.05, 3.63) is 29.8 Å². The normalized spacial score (nSPS) is 25.3. The number of nitrogens with one attached hydrogen (secondary N) is 1. The van der Waals surface area contributed by atoms with Crippen molar-refractivity contribution >= 4 is 6.03 Å². The lowest BCUT2D eigenvalue weighted by Crippen LogP contribution is -2.54. The van der Waals surface area contributed by atoms with Gasteiger partial charge in [0.25, 0.3) is 0 Å². The molecule has 5 heteroatoms. The number of rotatable bonds is 3. The Balaban J connectivity index is 1.64. The standard InChI is InChI=1S/C17H24N2O3/c1-3-13-10-21-9-8-19(13)17(20)18-12(2)15-11-22-16-7-5-4-6-14(15)16/h4-7,12-13,15H,3,8-11H2,1-2H3,(H,18,20). The van der Waals surface area contributed by atoms with Gasteiger partial charge in [-0.15, -0.1) is 0 Å². The van der Waals surface area contributed by atoms with Gasteiger partial charge in [-0.1, -0.05) is 25.1 Å². The van der Waals surface area contributed by atoms with Crippen LogP contribution in [0.4, 0.5) is 4.79 Å². The van der Waals surface area contributed by atoms with Crippen LogP contribution in [0.2, 0.25) is 0 Å². The lowest BCUT2D eigenvalue weighted by Gasteiger charge is -2.36. The van der Waals surface area contributed by atoms with E-state index in [1.54, 1.807) is 0 Å². The van der Waals surface area contributed by atoms with Crippen molar-refractivity contribution in [2.45, 2.75) is 38.3 Å². The Kier molecular flexibility index (Phi) is 4.52. The predicted molar refractivity (Wildman–Crippen MR) is 84.3 cm³/mol. The van der Waals surface area contributed by atoms with Gasteiger partial charge in [-0.2, -0.15) is 0 Å². The van der Waals surface area contributed by atoms with Crippen molar-refractivity contribution in [3.8, 4) is 5.75 Å². The van der Waals surface area contributed by atoms with Crippen molar-refractivity contribution in [2.24, 2.45) is 0 Å². The number of carbonyl (C=O) groups is 1. The van der Waals surface area contributed by atoms with E-state index in [1.165, 1.54) is 5.56 Å². The molecule has 5 nitrogen and oxygen atoms in total. The van der Waals surface area contributed by atoms with Crippen LogP contribution >= 0.6 is 0 Å². The lowest BCUT2D eigenvalue weighted by molar-refractivity contribution is 0.0106. The average molecular weight is 304 g/mol. The number of ether oxygens (including phenoxy) is 2. The van der Waals surface area contributed by atoms with Crippen LogP contribution in [0.25, 0.3) is 0 Å². The molecule has 2 aliphatic rings. The van der Waals surface area contributed by atoms with Crippen LogP contribution in [-0.4, -0.2) is 49.4 Å². The maximum atomic E-state index is 12.6. The van der Waals surface area contributed by atoms with Gasteiger partial charge in [-0.25, -0.2) is 4.79 Å². The molecule has 1 aromatic rings. The molecule has 0 saturated carbocycles. The minimum absolute atomic E-state index is 0.00651. The molecule has 2 aliphatic heterocycles. The van der Waals surface area contributed by atoms with Gasteiger partial charge in [0.05, 0.1) is 25.9 Å². The fourth-order valence-electron chi connectivity index (χ4n) is 3.24. The molecule has 120 valence electrons. The molecule has 3 atom stereocenters. The molecule has 0 aromatic heterocycles. The number of fused-ring (bicyclic) bond motifs is 1. The van der Waals surface area contributed by atoms with Crippen molar-refractivity contribution in [1.29, 1.82) is 0 Å². The first-order chi connectivity index (χ1) is 10.7. The Labute approximate surface area is 131 Å². The first kappa shape index (κ1) is 15.2. The van der Waals surface area contributed by atoms with E-state index in [9.17, 15) is 4.79 Å². The second-order valence-corrected chi connectivity index (χ2v) is 6.02. The summed E-state index contributed by atoms with van der Waals surface area (Å²) in [5, 5.41) is 3.15. The number of carbonyl (C=O) groups excluding carboxylic acids is 1. The smallest absolute Gasteiger partial charge is 0.318 e. The van der Waals surface area contributed by atoms with Gasteiger partial charge in [0, 0.05) is 24.1 Å². The van der Waals surface area contributed by atoms with Crippen molar-refractivity contribution in [1.82, 2.24) is 10.2 Å². The third-order valence-corrected chi connectivity index (χ3v) is 4.65. The molecule has 0 aliphatic carbocycles. The van der Waals surface area contributed by atoms with Crippen LogP contribution in [0.15, 0.2) is 24.3 Å². The summed E-state index contributed by atoms with van der Waals surface area (Å²) in [6.45, 7) is 6.68. The maximum Gasteiger partial charge on any atom is 0.318 e. The second-order valence-electron chi connectivity index (χ2n) is 6.02. The summed E-state index contributed by atoms with van der Waals surface area (Å²) in [6.07, 6.45) is 0.914. The largest absolute Gasteiger partial charge is 0.493 e. The van der Waals surface area contributed by atoms with Gasteiger partial charge in [-0.3, -0.25) is 0 Å². The fraction of sp³-hybridized carbons (Fsp3) is 0.588. The van der Waals surface area contributed by atoms with E-state index in [1.807, 2.05) is 23.1 Å². The summed E-state index contributed by atoms with van der Waals surface area (Å²) >= 11 is 0. The van der Waals surface area contributed by atoms with Crippen molar-refractivity contribution in [3.63, 3.8) is 0 Å². The summed E-state index contributed by atoms with van der Waals surface area (Å²) in [5.74, 6) is 1.15. The molecule has 1 N–H and O–H groups in total. The van der Waals surface area contributed by atoms with Crippen molar-refractivity contribution < 1.29 is 14.3 Å². The summed E-state index contributed by atoms with van der Waals surface area (Å²) in [6, 6.07) is 8.28. The molecule has 3 rings (SSSR count). The number of benzene rings is 1. The average Bonchev–Trinajstić information content (AvgIpc) is 2.98. The van der Waals surface area contributed by atoms with Gasteiger partial charge in [0.15, 0.2) is 0 Å². The summed E-state index contributed by atoms with van der Waals surface area (Å²) in [7, 11) is 0. The Morgan fingerprint density at radius 1 is 1.41 bits per heavy atom. The Morgan fingerprint density at radius 2 is 2.23 bits per heavy atom. The number of morpholine rings is 1. The number of urea groups is 1. The number of hydrogen-bond donors (Lipinski definition) is 1. The van der Waals surface area contributed by atoms with Crippen LogP contribution in [0.3, 0.4) is 0 Å². The number of nitrogens with zero attached hydrogens (tertiary/aromatic N) is 1. The highest BCUT2D eigenvalue weighted by molar-refractivity contribution is 5.75. The molecule has 1 aromatic carbocycles. The molecule has 2 amide bonds. The summed E-state index contributed by atoms with van der Waals surface area (Å²) < 4.78 is 11.2. The molecular formula is C17H24N2O3. The molecule has 2 heterocycles. The van der Waals surface area contributed by atoms with Crippen LogP contribution in [-0.2, 0) is 4.74 Å². The van der Waals surface area contributed by atoms with Gasteiger partial charge < -0.3 is 19.7 Å². The Morgan fingerprint density at radius 3 is 3.05 bits per heavy atom. The minimum atomic E-state index is 0.00651. The molecule has 0 radical (unpaired) electrons. The molecule has 1 fully saturated rings. The SMILES string of the molecule is CCC1COCCN1C(=O)NC(C)C1COc2ccccc21. The number of para-hydroxylation sites is 1. The number of amides is 2. The molecule has 0 bridgehead atoms. The zero-order valence-corrected chi connectivity index (χ0v) is 13.2. The molecular weight excluding hydrogens is 280 g/mol. The number of hydrogen-bond acceptors (Lipinski definition) is 3. The predicted octanol–water partition coefficient (Wildman–Crippen LogP) is 2.37. The molecule has 3 unspecified atom stereocenters. The highest BCUT2D eigenvalue weighted by Crippen LogP contribution is 2.35. The van der Waals surface area contributed by atoms with E-state index in [-0.39, 0.29) is 24.0 Å². The highest BCUT2D eigenvalue weighted by Gasteiger charge is 2.32. The summed E-state index contributed by atoms with van der Waals surface area (Å²) in [5.41, 5.74) is 1.18. The van der Waals surface area contributed by atoms with Crippen LogP contribution < -0.4 is 10.1 Å². The second kappa shape index (κ2) is 6.57. The molecule has 0 spiro atoms. The Hall–Kier alpha value is -1.75. The fourth-order valence-corrected chi connectivity index (χ4v) is 3.24. The maximum absolute atomic E-state index is 12.6. The van der Waals surface area contributed by atoms with E-state index < -0.39 is 0 Å². The third-order valence-electron chi connectivity index (χ3n) is 4.65. The van der Waals surface area contributed by atoms with Gasteiger partial charge in [0.1, 0.15) is 5.75 Å². The topological polar surface area (TPSA) is 50.8 Å². The van der Waals surface area contributed by atoms with Crippen LogP contribution in [0.5, 0.6) is 5.75 Å². The Bertz CT molecular complexity index is 534. The van der Waals surface area contributed by atoms with E-state index in [4.69, 9.17) is 9.47 Å². The van der Waals surface area contributed by atoms with Gasteiger partial charge in [-0.05, 0) is 19.4 Å². The quantitative estimate of drug-likeness (QED) is 0.933. The first-order valence-corrected chi connectivity index (χ1v) is 8.07. The molecule has 22 heavy (non-hydrogen) atoms. The monoisotopic (exact) mass is 304 g/mol. The van der Waals surface area contributed by atoms with E-state index in [0.29, 0.717) is 26.4 Å².